The lowest BCUT2D eigenvalue weighted by Gasteiger charge is -2.22. The Morgan fingerprint density at radius 2 is 1.88 bits per heavy atom. The molecule has 0 spiro atoms. The molecular formula is C19H24N4O. The molecule has 0 aliphatic rings. The van der Waals surface area contributed by atoms with Crippen LogP contribution in [0.3, 0.4) is 0 Å². The Kier molecular flexibility index (Phi) is 4.69. The van der Waals surface area contributed by atoms with Crippen LogP contribution in [0.4, 0.5) is 0 Å². The van der Waals surface area contributed by atoms with E-state index in [4.69, 9.17) is 0 Å². The minimum atomic E-state index is -0.202. The first-order valence-corrected chi connectivity index (χ1v) is 8.42. The molecule has 2 heterocycles. The molecule has 2 N–H and O–H groups in total. The van der Waals surface area contributed by atoms with E-state index in [9.17, 15) is 4.79 Å². The second-order valence-corrected chi connectivity index (χ2v) is 6.65. The number of hydrogen-bond acceptors (Lipinski definition) is 2. The molecule has 1 amide bonds. The van der Waals surface area contributed by atoms with E-state index in [-0.39, 0.29) is 18.0 Å². The number of H-pyrrole nitrogens is 1. The predicted molar refractivity (Wildman–Crippen MR) is 95.6 cm³/mol. The van der Waals surface area contributed by atoms with Gasteiger partial charge in [-0.3, -0.25) is 4.79 Å². The second-order valence-electron chi connectivity index (χ2n) is 6.65. The zero-order valence-corrected chi connectivity index (χ0v) is 14.4. The van der Waals surface area contributed by atoms with E-state index in [1.165, 1.54) is 0 Å². The molecule has 2 atom stereocenters. The van der Waals surface area contributed by atoms with Crippen molar-refractivity contribution < 1.29 is 4.79 Å². The Balaban J connectivity index is 1.76. The fourth-order valence-electron chi connectivity index (χ4n) is 2.92. The van der Waals surface area contributed by atoms with Crippen LogP contribution in [0.2, 0.25) is 0 Å². The van der Waals surface area contributed by atoms with Crippen molar-refractivity contribution in [2.45, 2.75) is 39.3 Å². The first kappa shape index (κ1) is 16.3. The number of aromatic amines is 1. The third kappa shape index (κ3) is 3.50. The van der Waals surface area contributed by atoms with E-state index >= 15 is 0 Å². The highest BCUT2D eigenvalue weighted by molar-refractivity contribution is 5.81. The molecule has 126 valence electrons. The van der Waals surface area contributed by atoms with E-state index in [0.29, 0.717) is 5.92 Å². The van der Waals surface area contributed by atoms with E-state index < -0.39 is 0 Å². The van der Waals surface area contributed by atoms with Crippen LogP contribution in [-0.4, -0.2) is 20.4 Å². The lowest BCUT2D eigenvalue weighted by molar-refractivity contribution is -0.125. The summed E-state index contributed by atoms with van der Waals surface area (Å²) in [6, 6.07) is 11.4. The lowest BCUT2D eigenvalue weighted by atomic mass is 10.0. The standard InChI is InChI=1S/C19H24N4O/c1-13(2)12-17(23-10-6-7-11-23)19(24)20-14(3)18-21-15-8-4-5-9-16(15)22-18/h4-11,13-14,17H,12H2,1-3H3,(H,20,24)(H,21,22)/t14-,17-/m1/s1. The summed E-state index contributed by atoms with van der Waals surface area (Å²) in [5, 5.41) is 3.10. The Hall–Kier alpha value is -2.56. The first-order chi connectivity index (χ1) is 11.5. The van der Waals surface area contributed by atoms with Crippen LogP contribution in [0.25, 0.3) is 11.0 Å². The molecule has 0 radical (unpaired) electrons. The molecule has 3 rings (SSSR count). The van der Waals surface area contributed by atoms with Gasteiger partial charge in [-0.05, 0) is 43.5 Å². The number of amides is 1. The molecule has 0 aliphatic carbocycles. The van der Waals surface area contributed by atoms with Gasteiger partial charge in [-0.1, -0.05) is 26.0 Å². The molecule has 0 unspecified atom stereocenters. The number of benzene rings is 1. The van der Waals surface area contributed by atoms with E-state index in [0.717, 1.165) is 23.3 Å². The monoisotopic (exact) mass is 324 g/mol. The summed E-state index contributed by atoms with van der Waals surface area (Å²) < 4.78 is 1.97. The van der Waals surface area contributed by atoms with Crippen LogP contribution in [0.1, 0.15) is 45.1 Å². The second kappa shape index (κ2) is 6.91. The van der Waals surface area contributed by atoms with Crippen LogP contribution in [0.5, 0.6) is 0 Å². The van der Waals surface area contributed by atoms with Gasteiger partial charge in [0.05, 0.1) is 17.1 Å². The van der Waals surface area contributed by atoms with Crippen LogP contribution >= 0.6 is 0 Å². The maximum absolute atomic E-state index is 12.8. The van der Waals surface area contributed by atoms with Gasteiger partial charge in [0.25, 0.3) is 0 Å². The minimum Gasteiger partial charge on any atom is -0.345 e. The number of para-hydroxylation sites is 2. The maximum Gasteiger partial charge on any atom is 0.243 e. The highest BCUT2D eigenvalue weighted by Crippen LogP contribution is 2.21. The van der Waals surface area contributed by atoms with Crippen molar-refractivity contribution in [3.05, 3.63) is 54.6 Å². The van der Waals surface area contributed by atoms with Crippen molar-refractivity contribution >= 4 is 16.9 Å². The highest BCUT2D eigenvalue weighted by Gasteiger charge is 2.23. The number of hydrogen-bond donors (Lipinski definition) is 2. The average Bonchev–Trinajstić information content (AvgIpc) is 3.21. The van der Waals surface area contributed by atoms with Crippen LogP contribution in [0.15, 0.2) is 48.8 Å². The molecule has 0 bridgehead atoms. The van der Waals surface area contributed by atoms with Crippen LogP contribution in [-0.2, 0) is 4.79 Å². The third-order valence-electron chi connectivity index (χ3n) is 4.16. The molecule has 5 heteroatoms. The number of carbonyl (C=O) groups is 1. The highest BCUT2D eigenvalue weighted by atomic mass is 16.2. The summed E-state index contributed by atoms with van der Waals surface area (Å²) in [7, 11) is 0. The van der Waals surface area contributed by atoms with Gasteiger partial charge in [-0.25, -0.2) is 4.98 Å². The van der Waals surface area contributed by atoms with E-state index in [2.05, 4.69) is 29.1 Å². The smallest absolute Gasteiger partial charge is 0.243 e. The zero-order chi connectivity index (χ0) is 17.1. The van der Waals surface area contributed by atoms with Gasteiger partial charge in [0.2, 0.25) is 5.91 Å². The fraction of sp³-hybridized carbons (Fsp3) is 0.368. The average molecular weight is 324 g/mol. The number of imidazole rings is 1. The maximum atomic E-state index is 12.8. The predicted octanol–water partition coefficient (Wildman–Crippen LogP) is 3.83. The summed E-state index contributed by atoms with van der Waals surface area (Å²) in [4.78, 5) is 20.7. The van der Waals surface area contributed by atoms with Gasteiger partial charge in [-0.2, -0.15) is 0 Å². The summed E-state index contributed by atoms with van der Waals surface area (Å²) in [5.41, 5.74) is 1.90. The fourth-order valence-corrected chi connectivity index (χ4v) is 2.92. The zero-order valence-electron chi connectivity index (χ0n) is 14.4. The Bertz CT molecular complexity index is 771. The van der Waals surface area contributed by atoms with Crippen LogP contribution < -0.4 is 5.32 Å². The number of aromatic nitrogens is 3. The topological polar surface area (TPSA) is 62.7 Å². The van der Waals surface area contributed by atoms with Crippen molar-refractivity contribution in [1.29, 1.82) is 0 Å². The molecule has 0 saturated carbocycles. The van der Waals surface area contributed by atoms with Gasteiger partial charge in [0.15, 0.2) is 0 Å². The van der Waals surface area contributed by atoms with Gasteiger partial charge in [0.1, 0.15) is 11.9 Å². The summed E-state index contributed by atoms with van der Waals surface area (Å²) in [5.74, 6) is 1.23. The minimum absolute atomic E-state index is 0.0212. The largest absolute Gasteiger partial charge is 0.345 e. The molecule has 0 fully saturated rings. The van der Waals surface area contributed by atoms with Gasteiger partial charge in [0, 0.05) is 12.4 Å². The van der Waals surface area contributed by atoms with Crippen molar-refractivity contribution in [3.63, 3.8) is 0 Å². The van der Waals surface area contributed by atoms with Crippen molar-refractivity contribution in [3.8, 4) is 0 Å². The third-order valence-corrected chi connectivity index (χ3v) is 4.16. The van der Waals surface area contributed by atoms with Crippen molar-refractivity contribution in [2.75, 3.05) is 0 Å². The molecule has 24 heavy (non-hydrogen) atoms. The molecule has 5 nitrogen and oxygen atoms in total. The summed E-state index contributed by atoms with van der Waals surface area (Å²) in [6.45, 7) is 6.22. The number of carbonyl (C=O) groups excluding carboxylic acids is 1. The number of nitrogens with one attached hydrogen (secondary N) is 2. The number of nitrogens with zero attached hydrogens (tertiary/aromatic N) is 2. The Morgan fingerprint density at radius 3 is 2.54 bits per heavy atom. The SMILES string of the molecule is CC(C)C[C@H](C(=O)N[C@H](C)c1nc2ccccc2[nH]1)n1cccc1. The molecule has 0 aliphatic heterocycles. The Labute approximate surface area is 142 Å². The molecule has 2 aromatic heterocycles. The molecule has 3 aromatic rings. The van der Waals surface area contributed by atoms with Crippen molar-refractivity contribution in [2.24, 2.45) is 5.92 Å². The Morgan fingerprint density at radius 1 is 1.17 bits per heavy atom. The molecule has 1 aromatic carbocycles. The van der Waals surface area contributed by atoms with Crippen molar-refractivity contribution in [1.82, 2.24) is 19.9 Å². The van der Waals surface area contributed by atoms with Crippen LogP contribution in [0, 0.1) is 5.92 Å². The molecular weight excluding hydrogens is 300 g/mol. The van der Waals surface area contributed by atoms with E-state index in [1.807, 2.05) is 60.3 Å². The summed E-state index contributed by atoms with van der Waals surface area (Å²) in [6.07, 6.45) is 4.68. The van der Waals surface area contributed by atoms with Gasteiger partial charge >= 0.3 is 0 Å². The van der Waals surface area contributed by atoms with Gasteiger partial charge < -0.3 is 14.9 Å². The lowest BCUT2D eigenvalue weighted by Crippen LogP contribution is -2.35. The van der Waals surface area contributed by atoms with E-state index in [1.54, 1.807) is 0 Å². The van der Waals surface area contributed by atoms with Gasteiger partial charge in [-0.15, -0.1) is 0 Å². The normalized spacial score (nSPS) is 14.0. The summed E-state index contributed by atoms with van der Waals surface area (Å²) >= 11 is 0. The number of fused-ring (bicyclic) bond motifs is 1. The first-order valence-electron chi connectivity index (χ1n) is 8.42. The molecule has 0 saturated heterocycles. The number of rotatable bonds is 6. The quantitative estimate of drug-likeness (QED) is 0.724.